The lowest BCUT2D eigenvalue weighted by Gasteiger charge is -2.42. The van der Waals surface area contributed by atoms with Crippen molar-refractivity contribution in [3.8, 4) is 0 Å². The maximum absolute atomic E-state index is 10.9. The van der Waals surface area contributed by atoms with Crippen molar-refractivity contribution in [2.75, 3.05) is 43.1 Å². The molecule has 10 heteroatoms. The van der Waals surface area contributed by atoms with Crippen LogP contribution >= 0.6 is 0 Å². The topological polar surface area (TPSA) is 109 Å². The molecule has 3 aromatic rings. The number of piperidine rings is 1. The van der Waals surface area contributed by atoms with Crippen LogP contribution in [0.5, 0.6) is 0 Å². The summed E-state index contributed by atoms with van der Waals surface area (Å²) in [7, 11) is 1.91. The van der Waals surface area contributed by atoms with E-state index in [9.17, 15) is 5.11 Å². The van der Waals surface area contributed by atoms with E-state index in [2.05, 4.69) is 47.1 Å². The van der Waals surface area contributed by atoms with Crippen molar-refractivity contribution in [2.45, 2.75) is 76.8 Å². The molecule has 4 aliphatic heterocycles. The van der Waals surface area contributed by atoms with Crippen molar-refractivity contribution >= 4 is 22.8 Å². The van der Waals surface area contributed by atoms with E-state index < -0.39 is 6.23 Å². The quantitative estimate of drug-likeness (QED) is 0.467. The second-order valence-corrected chi connectivity index (χ2v) is 13.1. The zero-order chi connectivity index (χ0) is 29.3. The number of aliphatic hydroxyl groups excluding tert-OH is 1. The Bertz CT molecular complexity index is 1610. The monoisotopic (exact) mass is 582 g/mol. The Morgan fingerprint density at radius 1 is 1.05 bits per heavy atom. The van der Waals surface area contributed by atoms with Crippen LogP contribution in [0.4, 0.5) is 11.6 Å². The van der Waals surface area contributed by atoms with Crippen LogP contribution in [0.25, 0.3) is 11.2 Å². The van der Waals surface area contributed by atoms with Crippen molar-refractivity contribution in [1.29, 1.82) is 0 Å². The molecular formula is C33H42N8O2. The fourth-order valence-corrected chi connectivity index (χ4v) is 8.12. The Morgan fingerprint density at radius 3 is 2.67 bits per heavy atom. The SMILES string of the molecule is Cc1nc2c(N3CCCC4=C3C=CN(C)C4O)nn(C3CCCCO3)c2nc1N1CCC2(CC1)Cc1ccccc1[C@H]2N. The van der Waals surface area contributed by atoms with Crippen molar-refractivity contribution in [3.63, 3.8) is 0 Å². The summed E-state index contributed by atoms with van der Waals surface area (Å²) in [5.74, 6) is 1.73. The molecule has 43 heavy (non-hydrogen) atoms. The average molecular weight is 583 g/mol. The second kappa shape index (κ2) is 10.3. The van der Waals surface area contributed by atoms with Crippen LogP contribution in [-0.4, -0.2) is 69.3 Å². The van der Waals surface area contributed by atoms with Crippen molar-refractivity contribution < 1.29 is 9.84 Å². The number of allylic oxidation sites excluding steroid dienone is 1. The van der Waals surface area contributed by atoms with Gasteiger partial charge in [-0.3, -0.25) is 0 Å². The van der Waals surface area contributed by atoms with Gasteiger partial charge >= 0.3 is 0 Å². The third-order valence-electron chi connectivity index (χ3n) is 10.6. The molecule has 2 saturated heterocycles. The van der Waals surface area contributed by atoms with E-state index in [1.54, 1.807) is 0 Å². The minimum atomic E-state index is -0.625. The normalized spacial score (nSPS) is 26.9. The van der Waals surface area contributed by atoms with Gasteiger partial charge in [0, 0.05) is 56.8 Å². The average Bonchev–Trinajstić information content (AvgIpc) is 3.53. The molecule has 3 N–H and O–H groups in total. The van der Waals surface area contributed by atoms with Crippen LogP contribution in [0.15, 0.2) is 47.8 Å². The Hall–Kier alpha value is -3.47. The maximum atomic E-state index is 10.9. The summed E-state index contributed by atoms with van der Waals surface area (Å²) in [6.45, 7) is 5.42. The molecular weight excluding hydrogens is 540 g/mol. The summed E-state index contributed by atoms with van der Waals surface area (Å²) in [6, 6.07) is 8.79. The summed E-state index contributed by atoms with van der Waals surface area (Å²) in [4.78, 5) is 17.0. The van der Waals surface area contributed by atoms with E-state index >= 15 is 0 Å². The highest BCUT2D eigenvalue weighted by atomic mass is 16.5. The van der Waals surface area contributed by atoms with Crippen molar-refractivity contribution in [3.05, 3.63) is 64.6 Å². The molecule has 10 nitrogen and oxygen atoms in total. The number of nitrogens with zero attached hydrogens (tertiary/aromatic N) is 7. The molecule has 226 valence electrons. The van der Waals surface area contributed by atoms with Crippen LogP contribution in [-0.2, 0) is 11.2 Å². The highest BCUT2D eigenvalue weighted by Gasteiger charge is 2.46. The largest absolute Gasteiger partial charge is 0.370 e. The van der Waals surface area contributed by atoms with E-state index in [1.807, 2.05) is 22.8 Å². The van der Waals surface area contributed by atoms with Gasteiger partial charge in [0.1, 0.15) is 0 Å². The van der Waals surface area contributed by atoms with Crippen LogP contribution in [0, 0.1) is 12.3 Å². The van der Waals surface area contributed by atoms with E-state index in [4.69, 9.17) is 25.5 Å². The lowest BCUT2D eigenvalue weighted by atomic mass is 9.73. The fourth-order valence-electron chi connectivity index (χ4n) is 8.12. The van der Waals surface area contributed by atoms with Gasteiger partial charge in [-0.2, -0.15) is 0 Å². The van der Waals surface area contributed by atoms with Gasteiger partial charge in [0.2, 0.25) is 0 Å². The third kappa shape index (κ3) is 4.29. The summed E-state index contributed by atoms with van der Waals surface area (Å²) in [6.07, 6.45) is 11.3. The Kier molecular flexibility index (Phi) is 6.50. The van der Waals surface area contributed by atoms with E-state index in [0.717, 1.165) is 117 Å². The minimum absolute atomic E-state index is 0.0869. The Morgan fingerprint density at radius 2 is 1.88 bits per heavy atom. The number of rotatable bonds is 3. The molecule has 1 aliphatic carbocycles. The number of likely N-dealkylation sites (N-methyl/N-ethyl adjacent to an activating group) is 1. The molecule has 5 aliphatic rings. The molecule has 6 heterocycles. The lowest BCUT2D eigenvalue weighted by molar-refractivity contribution is -0.0369. The first-order valence-electron chi connectivity index (χ1n) is 16.0. The molecule has 1 aromatic carbocycles. The van der Waals surface area contributed by atoms with Crippen molar-refractivity contribution in [1.82, 2.24) is 24.6 Å². The first-order valence-corrected chi connectivity index (χ1v) is 16.0. The Balaban J connectivity index is 1.16. The molecule has 1 spiro atoms. The number of anilines is 2. The van der Waals surface area contributed by atoms with E-state index in [-0.39, 0.29) is 17.7 Å². The van der Waals surface area contributed by atoms with Gasteiger partial charge in [-0.05, 0) is 80.9 Å². The first kappa shape index (κ1) is 27.1. The number of benzene rings is 1. The molecule has 0 amide bonds. The third-order valence-corrected chi connectivity index (χ3v) is 10.6. The van der Waals surface area contributed by atoms with E-state index in [0.29, 0.717) is 0 Å². The fraction of sp³-hybridized carbons (Fsp3) is 0.545. The van der Waals surface area contributed by atoms with Gasteiger partial charge in [-0.15, -0.1) is 5.10 Å². The van der Waals surface area contributed by atoms with Crippen LogP contribution < -0.4 is 15.5 Å². The maximum Gasteiger partial charge on any atom is 0.183 e. The summed E-state index contributed by atoms with van der Waals surface area (Å²) >= 11 is 0. The van der Waals surface area contributed by atoms with Gasteiger partial charge in [0.15, 0.2) is 35.3 Å². The molecule has 3 atom stereocenters. The highest BCUT2D eigenvalue weighted by molar-refractivity contribution is 5.87. The summed E-state index contributed by atoms with van der Waals surface area (Å²) in [5, 5.41) is 16.1. The zero-order valence-electron chi connectivity index (χ0n) is 25.2. The lowest BCUT2D eigenvalue weighted by Crippen LogP contribution is -2.45. The molecule has 0 radical (unpaired) electrons. The smallest absolute Gasteiger partial charge is 0.183 e. The van der Waals surface area contributed by atoms with Gasteiger partial charge in [0.05, 0.1) is 5.69 Å². The number of aryl methyl sites for hydroxylation is 1. The zero-order valence-corrected chi connectivity index (χ0v) is 25.2. The molecule has 2 unspecified atom stereocenters. The number of ether oxygens (including phenoxy) is 1. The molecule has 2 aromatic heterocycles. The van der Waals surface area contributed by atoms with E-state index in [1.165, 1.54) is 11.1 Å². The number of fused-ring (bicyclic) bond motifs is 2. The number of hydrogen-bond acceptors (Lipinski definition) is 9. The predicted octanol–water partition coefficient (Wildman–Crippen LogP) is 4.31. The second-order valence-electron chi connectivity index (χ2n) is 13.1. The molecule has 0 bridgehead atoms. The van der Waals surface area contributed by atoms with Gasteiger partial charge < -0.3 is 30.3 Å². The number of aromatic nitrogens is 4. The van der Waals surface area contributed by atoms with Crippen molar-refractivity contribution in [2.24, 2.45) is 11.1 Å². The summed E-state index contributed by atoms with van der Waals surface area (Å²) in [5.41, 5.74) is 14.3. The molecule has 2 fully saturated rings. The number of hydrogen-bond donors (Lipinski definition) is 2. The molecule has 8 rings (SSSR count). The van der Waals surface area contributed by atoms with Gasteiger partial charge in [-0.25, -0.2) is 14.6 Å². The van der Waals surface area contributed by atoms with Crippen LogP contribution in [0.2, 0.25) is 0 Å². The van der Waals surface area contributed by atoms with Crippen LogP contribution in [0.1, 0.15) is 74.0 Å². The Labute approximate surface area is 252 Å². The first-order chi connectivity index (χ1) is 20.9. The highest BCUT2D eigenvalue weighted by Crippen LogP contribution is 2.51. The van der Waals surface area contributed by atoms with Gasteiger partial charge in [-0.1, -0.05) is 24.3 Å². The van der Waals surface area contributed by atoms with Crippen LogP contribution in [0.3, 0.4) is 0 Å². The molecule has 0 saturated carbocycles. The predicted molar refractivity (Wildman–Crippen MR) is 166 cm³/mol. The standard InChI is InChI=1S/C33H42N8O2/c1-21-29(39-17-13-33(14-18-39)20-22-8-3-4-9-23(22)28(33)34)36-30-27(35-21)31(37-41(30)26-11-5-6-19-43-26)40-15-7-10-24-25(40)12-16-38(2)32(24)42/h3-4,8-9,12,16,26,28,32,42H,5-7,10-11,13-15,17-20,34H2,1-2H3/t26?,28-,32?/m1/s1. The number of aliphatic hydroxyl groups is 1. The van der Waals surface area contributed by atoms with Gasteiger partial charge in [0.25, 0.3) is 0 Å². The summed E-state index contributed by atoms with van der Waals surface area (Å²) < 4.78 is 8.23. The minimum Gasteiger partial charge on any atom is -0.370 e. The number of nitrogens with two attached hydrogens (primary N) is 1.